The fourth-order valence-corrected chi connectivity index (χ4v) is 1.23. The second-order valence-electron chi connectivity index (χ2n) is 4.89. The fourth-order valence-electron chi connectivity index (χ4n) is 1.23. The van der Waals surface area contributed by atoms with Crippen LogP contribution < -0.4 is 12.4 Å². The Bertz CT molecular complexity index is 285. The zero-order valence-electron chi connectivity index (χ0n) is 10.9. The van der Waals surface area contributed by atoms with Crippen molar-refractivity contribution < 1.29 is 26.7 Å². The van der Waals surface area contributed by atoms with Gasteiger partial charge in [0, 0.05) is 0 Å². The Hall–Kier alpha value is -0.610. The normalized spacial score (nSPS) is 11.0. The number of benzene rings is 1. The number of nitrogens with zero attached hydrogens (tertiary/aromatic N) is 1. The van der Waals surface area contributed by atoms with Crippen LogP contribution in [-0.2, 0) is 16.2 Å². The van der Waals surface area contributed by atoms with Gasteiger partial charge in [-0.15, -0.1) is 0 Å². The first-order chi connectivity index (χ1) is 7.58. The van der Waals surface area contributed by atoms with Gasteiger partial charge in [-0.2, -0.15) is 0 Å². The summed E-state index contributed by atoms with van der Waals surface area (Å²) in [5.74, 6) is 0. The smallest absolute Gasteiger partial charge is 0.131 e. The van der Waals surface area contributed by atoms with Crippen molar-refractivity contribution in [2.24, 2.45) is 0 Å². The molecule has 0 amide bonds. The largest absolute Gasteiger partial charge is 1.00 e. The maximum absolute atomic E-state index is 5.12. The van der Waals surface area contributed by atoms with Crippen molar-refractivity contribution in [1.82, 2.24) is 0 Å². The topological polar surface area (TPSA) is 18.5 Å². The number of halogens is 1. The second-order valence-corrected chi connectivity index (χ2v) is 4.89. The van der Waals surface area contributed by atoms with E-state index in [0.29, 0.717) is 13.2 Å². The second kappa shape index (κ2) is 8.48. The molecule has 0 heterocycles. The van der Waals surface area contributed by atoms with Gasteiger partial charge in [-0.05, 0) is 12.0 Å². The Balaban J connectivity index is 0.00000256. The lowest BCUT2D eigenvalue weighted by Gasteiger charge is -2.23. The van der Waals surface area contributed by atoms with E-state index >= 15 is 0 Å². The van der Waals surface area contributed by atoms with Crippen molar-refractivity contribution in [3.05, 3.63) is 35.9 Å². The van der Waals surface area contributed by atoms with Gasteiger partial charge in [0.1, 0.15) is 13.2 Å². The monoisotopic (exact) mass is 259 g/mol. The zero-order valence-corrected chi connectivity index (χ0v) is 11.6. The molecule has 0 unspecified atom stereocenters. The van der Waals surface area contributed by atoms with Crippen LogP contribution in [-0.4, -0.2) is 45.4 Å². The van der Waals surface area contributed by atoms with Crippen LogP contribution in [0.25, 0.3) is 0 Å². The third-order valence-corrected chi connectivity index (χ3v) is 2.25. The molecule has 0 N–H and O–H groups in total. The van der Waals surface area contributed by atoms with Crippen molar-refractivity contribution >= 4 is 0 Å². The highest BCUT2D eigenvalue weighted by atomic mass is 35.5. The third-order valence-electron chi connectivity index (χ3n) is 2.25. The van der Waals surface area contributed by atoms with Gasteiger partial charge in [-0.3, -0.25) is 0 Å². The van der Waals surface area contributed by atoms with Crippen LogP contribution in [0, 0.1) is 0 Å². The van der Waals surface area contributed by atoms with Gasteiger partial charge in [0.2, 0.25) is 0 Å². The first-order valence-electron chi connectivity index (χ1n) is 5.67. The molecule has 4 heteroatoms. The van der Waals surface area contributed by atoms with Crippen molar-refractivity contribution in [3.63, 3.8) is 0 Å². The van der Waals surface area contributed by atoms with Crippen LogP contribution >= 0.6 is 0 Å². The summed E-state index contributed by atoms with van der Waals surface area (Å²) >= 11 is 0. The van der Waals surface area contributed by atoms with Gasteiger partial charge >= 0.3 is 0 Å². The standard InChI is InChI=1S/C13H22NO2.ClH/c1-14(2,3)10-12-16-15-11-9-13-7-5-4-6-8-13;/h4-8H,9-12H2,1-3H3;1H/q+1;/p-1. The van der Waals surface area contributed by atoms with Crippen LogP contribution in [0.5, 0.6) is 0 Å². The number of hydrogen-bond donors (Lipinski definition) is 0. The summed E-state index contributed by atoms with van der Waals surface area (Å²) in [6, 6.07) is 10.3. The summed E-state index contributed by atoms with van der Waals surface area (Å²) in [5.41, 5.74) is 1.28. The maximum Gasteiger partial charge on any atom is 0.131 e. The van der Waals surface area contributed by atoms with E-state index in [0.717, 1.165) is 17.4 Å². The van der Waals surface area contributed by atoms with Crippen molar-refractivity contribution in [2.75, 3.05) is 40.9 Å². The Labute approximate surface area is 110 Å². The highest BCUT2D eigenvalue weighted by Crippen LogP contribution is 1.99. The van der Waals surface area contributed by atoms with Gasteiger partial charge in [-0.1, -0.05) is 30.3 Å². The van der Waals surface area contributed by atoms with E-state index in [-0.39, 0.29) is 12.4 Å². The van der Waals surface area contributed by atoms with E-state index in [1.54, 1.807) is 0 Å². The van der Waals surface area contributed by atoms with Crippen molar-refractivity contribution in [1.29, 1.82) is 0 Å². The number of quaternary nitrogens is 1. The number of hydrogen-bond acceptors (Lipinski definition) is 2. The molecule has 0 bridgehead atoms. The lowest BCUT2D eigenvalue weighted by Crippen LogP contribution is -3.00. The average Bonchev–Trinajstić information content (AvgIpc) is 2.23. The molecule has 0 fully saturated rings. The zero-order chi connectivity index (χ0) is 11.9. The van der Waals surface area contributed by atoms with E-state index < -0.39 is 0 Å². The molecule has 0 saturated heterocycles. The number of likely N-dealkylation sites (N-methyl/N-ethyl adjacent to an activating group) is 1. The first-order valence-corrected chi connectivity index (χ1v) is 5.67. The molecule has 0 spiro atoms. The summed E-state index contributed by atoms with van der Waals surface area (Å²) in [7, 11) is 6.40. The Morgan fingerprint density at radius 3 is 2.12 bits per heavy atom. The predicted octanol–water partition coefficient (Wildman–Crippen LogP) is -1.11. The SMILES string of the molecule is C[N+](C)(C)CCOOCCc1ccccc1.[Cl-]. The molecule has 1 aromatic carbocycles. The molecule has 0 aliphatic carbocycles. The lowest BCUT2D eigenvalue weighted by atomic mass is 10.2. The molecule has 1 aromatic rings. The highest BCUT2D eigenvalue weighted by molar-refractivity contribution is 5.14. The lowest BCUT2D eigenvalue weighted by molar-refractivity contribution is -0.871. The van der Waals surface area contributed by atoms with Crippen LogP contribution in [0.2, 0.25) is 0 Å². The van der Waals surface area contributed by atoms with Gasteiger partial charge in [0.15, 0.2) is 0 Å². The summed E-state index contributed by atoms with van der Waals surface area (Å²) in [4.78, 5) is 10.2. The minimum atomic E-state index is 0. The predicted molar refractivity (Wildman–Crippen MR) is 64.9 cm³/mol. The van der Waals surface area contributed by atoms with Crippen LogP contribution in [0.3, 0.4) is 0 Å². The molecule has 0 aromatic heterocycles. The molecule has 3 nitrogen and oxygen atoms in total. The third kappa shape index (κ3) is 9.12. The molecule has 98 valence electrons. The fraction of sp³-hybridized carbons (Fsp3) is 0.538. The minimum absolute atomic E-state index is 0. The first kappa shape index (κ1) is 16.4. The molecule has 0 radical (unpaired) electrons. The van der Waals surface area contributed by atoms with Crippen LogP contribution in [0.4, 0.5) is 0 Å². The molecule has 1 rings (SSSR count). The summed E-state index contributed by atoms with van der Waals surface area (Å²) in [6.07, 6.45) is 0.894. The number of rotatable bonds is 7. The average molecular weight is 260 g/mol. The molecule has 0 saturated carbocycles. The molecule has 17 heavy (non-hydrogen) atoms. The van der Waals surface area contributed by atoms with Gasteiger partial charge in [0.05, 0.1) is 27.7 Å². The van der Waals surface area contributed by atoms with E-state index in [2.05, 4.69) is 33.3 Å². The Kier molecular flexibility index (Phi) is 8.17. The summed E-state index contributed by atoms with van der Waals surface area (Å²) in [5, 5.41) is 0. The van der Waals surface area contributed by atoms with E-state index in [1.807, 2.05) is 18.2 Å². The quantitative estimate of drug-likeness (QED) is 0.268. The van der Waals surface area contributed by atoms with Crippen molar-refractivity contribution in [3.8, 4) is 0 Å². The molecule has 0 aliphatic rings. The summed E-state index contributed by atoms with van der Waals surface area (Å²) in [6.45, 7) is 2.20. The van der Waals surface area contributed by atoms with Gasteiger partial charge in [0.25, 0.3) is 0 Å². The molecule has 0 aliphatic heterocycles. The Morgan fingerprint density at radius 2 is 1.53 bits per heavy atom. The maximum atomic E-state index is 5.12. The highest BCUT2D eigenvalue weighted by Gasteiger charge is 2.05. The molecular formula is C13H22ClNO2. The van der Waals surface area contributed by atoms with E-state index in [4.69, 9.17) is 9.78 Å². The summed E-state index contributed by atoms with van der Waals surface area (Å²) < 4.78 is 0.891. The van der Waals surface area contributed by atoms with E-state index in [9.17, 15) is 0 Å². The molecule has 0 atom stereocenters. The van der Waals surface area contributed by atoms with E-state index in [1.165, 1.54) is 5.56 Å². The van der Waals surface area contributed by atoms with Gasteiger partial charge < -0.3 is 16.9 Å². The minimum Gasteiger partial charge on any atom is -1.00 e. The molecular weight excluding hydrogens is 238 g/mol. The van der Waals surface area contributed by atoms with Crippen LogP contribution in [0.15, 0.2) is 30.3 Å². The Morgan fingerprint density at radius 1 is 0.941 bits per heavy atom. The van der Waals surface area contributed by atoms with Crippen LogP contribution in [0.1, 0.15) is 5.56 Å². The van der Waals surface area contributed by atoms with Gasteiger partial charge in [-0.25, -0.2) is 9.78 Å². The van der Waals surface area contributed by atoms with Crippen molar-refractivity contribution in [2.45, 2.75) is 6.42 Å².